The Morgan fingerprint density at radius 1 is 1.42 bits per heavy atom. The molecule has 1 aromatic heterocycles. The molecule has 0 aliphatic rings. The van der Waals surface area contributed by atoms with Crippen LogP contribution in [-0.2, 0) is 11.2 Å². The number of rotatable bonds is 3. The molecule has 3 N–H and O–H groups in total. The number of hydrogen-bond acceptors (Lipinski definition) is 5. The second-order valence-electron chi connectivity index (χ2n) is 5.64. The van der Waals surface area contributed by atoms with E-state index in [1.54, 1.807) is 13.1 Å². The van der Waals surface area contributed by atoms with E-state index in [-0.39, 0.29) is 11.7 Å². The van der Waals surface area contributed by atoms with Gasteiger partial charge in [-0.1, -0.05) is 41.9 Å². The van der Waals surface area contributed by atoms with Gasteiger partial charge in [0.15, 0.2) is 5.13 Å². The van der Waals surface area contributed by atoms with Crippen LogP contribution in [0.5, 0.6) is 5.75 Å². The number of aromatic hydroxyl groups is 1. The molecular weight excluding hydrogens is 346 g/mol. The summed E-state index contributed by atoms with van der Waals surface area (Å²) in [6, 6.07) is 11.1. The predicted molar refractivity (Wildman–Crippen MR) is 106 cm³/mol. The number of fused-ring (bicyclic) bond motifs is 1. The van der Waals surface area contributed by atoms with E-state index in [9.17, 15) is 9.90 Å². The number of benzene rings is 2. The number of amides is 1. The molecule has 0 atom stereocenters. The summed E-state index contributed by atoms with van der Waals surface area (Å²) in [5, 5.41) is 10.4. The monoisotopic (exact) mass is 363 g/mol. The molecule has 1 heterocycles. The van der Waals surface area contributed by atoms with Gasteiger partial charge in [0, 0.05) is 24.7 Å². The molecule has 0 aliphatic carbocycles. The Bertz CT molecular complexity index is 1060. The Morgan fingerprint density at radius 2 is 2.23 bits per heavy atom. The van der Waals surface area contributed by atoms with Gasteiger partial charge in [-0.3, -0.25) is 4.79 Å². The molecule has 5 nitrogen and oxygen atoms in total. The topological polar surface area (TPSA) is 79.5 Å². The minimum atomic E-state index is -0.166. The average Bonchev–Trinajstić information content (AvgIpc) is 3.01. The Morgan fingerprint density at radius 3 is 3.00 bits per heavy atom. The first-order chi connectivity index (χ1) is 12.5. The molecule has 1 amide bonds. The molecule has 0 radical (unpaired) electrons. The Hall–Kier alpha value is -3.30. The second-order valence-corrected chi connectivity index (χ2v) is 6.71. The highest BCUT2D eigenvalue weighted by atomic mass is 32.1. The lowest BCUT2D eigenvalue weighted by Gasteiger charge is -2.15. The van der Waals surface area contributed by atoms with Crippen LogP contribution in [0.3, 0.4) is 0 Å². The molecule has 0 bridgehead atoms. The number of nitrogens with two attached hydrogens (primary N) is 1. The zero-order valence-corrected chi connectivity index (χ0v) is 15.0. The van der Waals surface area contributed by atoms with Gasteiger partial charge in [-0.05, 0) is 35.9 Å². The summed E-state index contributed by atoms with van der Waals surface area (Å²) >= 11 is 1.31. The summed E-state index contributed by atoms with van der Waals surface area (Å²) in [6.07, 6.45) is 1.80. The molecule has 0 aliphatic heterocycles. The summed E-state index contributed by atoms with van der Waals surface area (Å²) < 4.78 is 0.804. The number of phenols is 1. The van der Waals surface area contributed by atoms with E-state index in [4.69, 9.17) is 5.73 Å². The fraction of sp³-hybridized carbons (Fsp3) is 0.100. The molecular formula is C20H17N3O2S. The van der Waals surface area contributed by atoms with Crippen molar-refractivity contribution in [2.75, 3.05) is 17.7 Å². The summed E-state index contributed by atoms with van der Waals surface area (Å²) in [6.45, 7) is 3.50. The minimum absolute atomic E-state index is 0.0753. The van der Waals surface area contributed by atoms with Crippen LogP contribution in [0.15, 0.2) is 49.1 Å². The largest absolute Gasteiger partial charge is 0.506 e. The van der Waals surface area contributed by atoms with Crippen LogP contribution in [-0.4, -0.2) is 23.0 Å². The molecule has 0 fully saturated rings. The lowest BCUT2D eigenvalue weighted by Crippen LogP contribution is -2.23. The quantitative estimate of drug-likeness (QED) is 0.553. The average molecular weight is 363 g/mol. The van der Waals surface area contributed by atoms with Crippen LogP contribution in [0.25, 0.3) is 10.2 Å². The first-order valence-electron chi connectivity index (χ1n) is 7.85. The Balaban J connectivity index is 1.80. The fourth-order valence-corrected chi connectivity index (χ4v) is 3.28. The maximum Gasteiger partial charge on any atom is 0.250 e. The van der Waals surface area contributed by atoms with Crippen molar-refractivity contribution in [1.29, 1.82) is 0 Å². The van der Waals surface area contributed by atoms with Gasteiger partial charge < -0.3 is 15.7 Å². The van der Waals surface area contributed by atoms with Crippen molar-refractivity contribution in [3.05, 3.63) is 60.2 Å². The molecule has 3 aromatic rings. The van der Waals surface area contributed by atoms with Gasteiger partial charge >= 0.3 is 0 Å². The molecule has 3 rings (SSSR count). The molecule has 130 valence electrons. The highest BCUT2D eigenvalue weighted by molar-refractivity contribution is 7.22. The number of aromatic nitrogens is 1. The molecule has 6 heteroatoms. The normalized spacial score (nSPS) is 10.2. The summed E-state index contributed by atoms with van der Waals surface area (Å²) in [5.74, 6) is 6.05. The van der Waals surface area contributed by atoms with Gasteiger partial charge in [0.2, 0.25) is 5.91 Å². The molecule has 26 heavy (non-hydrogen) atoms. The molecule has 0 saturated carbocycles. The van der Waals surface area contributed by atoms with Crippen molar-refractivity contribution >= 4 is 38.3 Å². The first kappa shape index (κ1) is 17.5. The Labute approximate surface area is 155 Å². The third-order valence-electron chi connectivity index (χ3n) is 3.82. The van der Waals surface area contributed by atoms with Crippen LogP contribution in [0.2, 0.25) is 0 Å². The van der Waals surface area contributed by atoms with Crippen molar-refractivity contribution in [3.63, 3.8) is 0 Å². The minimum Gasteiger partial charge on any atom is -0.506 e. The third-order valence-corrected chi connectivity index (χ3v) is 4.65. The maximum atomic E-state index is 11.7. The number of thiazole rings is 1. The lowest BCUT2D eigenvalue weighted by atomic mass is 10.1. The number of nitrogen functional groups attached to an aromatic ring is 1. The van der Waals surface area contributed by atoms with E-state index in [0.29, 0.717) is 22.6 Å². The van der Waals surface area contributed by atoms with Gasteiger partial charge in [0.1, 0.15) is 11.3 Å². The third kappa shape index (κ3) is 3.68. The maximum absolute atomic E-state index is 11.7. The van der Waals surface area contributed by atoms with Crippen LogP contribution < -0.4 is 10.6 Å². The van der Waals surface area contributed by atoms with E-state index >= 15 is 0 Å². The van der Waals surface area contributed by atoms with Gasteiger partial charge in [0.25, 0.3) is 0 Å². The molecule has 0 unspecified atom stereocenters. The van der Waals surface area contributed by atoms with Crippen molar-refractivity contribution in [1.82, 2.24) is 4.98 Å². The fourth-order valence-electron chi connectivity index (χ4n) is 2.49. The SMILES string of the molecule is C=CC(=O)N(C)c1cccc(CC#Cc2cc(O)c3nc(N)sc3c2)c1. The standard InChI is InChI=1S/C20H17N3O2S/c1-3-18(25)23(2)15-9-5-7-13(10-15)6-4-8-14-11-16(24)19-17(12-14)26-20(21)22-19/h3,5,7,9-12,24H,1,6H2,2H3,(H2,21,22). The van der Waals surface area contributed by atoms with Crippen LogP contribution in [0, 0.1) is 11.8 Å². The van der Waals surface area contributed by atoms with Gasteiger partial charge in [-0.15, -0.1) is 0 Å². The molecule has 0 saturated heterocycles. The Kier molecular flexibility index (Phi) is 4.92. The van der Waals surface area contributed by atoms with E-state index in [2.05, 4.69) is 23.4 Å². The first-order valence-corrected chi connectivity index (χ1v) is 8.66. The number of phenolic OH excluding ortho intramolecular Hbond substituents is 1. The number of nitrogens with zero attached hydrogens (tertiary/aromatic N) is 2. The van der Waals surface area contributed by atoms with E-state index in [0.717, 1.165) is 16.0 Å². The smallest absolute Gasteiger partial charge is 0.250 e. The van der Waals surface area contributed by atoms with E-state index in [1.165, 1.54) is 22.3 Å². The van der Waals surface area contributed by atoms with Crippen LogP contribution in [0.1, 0.15) is 11.1 Å². The zero-order valence-electron chi connectivity index (χ0n) is 14.2. The van der Waals surface area contributed by atoms with Gasteiger partial charge in [0.05, 0.1) is 4.70 Å². The van der Waals surface area contributed by atoms with E-state index < -0.39 is 0 Å². The zero-order chi connectivity index (χ0) is 18.7. The molecule has 2 aromatic carbocycles. The van der Waals surface area contributed by atoms with Crippen LogP contribution >= 0.6 is 11.3 Å². The second kappa shape index (κ2) is 7.30. The summed E-state index contributed by atoms with van der Waals surface area (Å²) in [4.78, 5) is 17.3. The number of hydrogen-bond donors (Lipinski definition) is 2. The van der Waals surface area contributed by atoms with Gasteiger partial charge in [-0.2, -0.15) is 0 Å². The van der Waals surface area contributed by atoms with Crippen LogP contribution in [0.4, 0.5) is 10.8 Å². The lowest BCUT2D eigenvalue weighted by molar-refractivity contribution is -0.113. The van der Waals surface area contributed by atoms with Crippen molar-refractivity contribution in [2.45, 2.75) is 6.42 Å². The number of carbonyl (C=O) groups is 1. The highest BCUT2D eigenvalue weighted by Crippen LogP contribution is 2.31. The number of likely N-dealkylation sites (N-methyl/N-ethyl adjacent to an activating group) is 1. The van der Waals surface area contributed by atoms with E-state index in [1.807, 2.05) is 30.3 Å². The predicted octanol–water partition coefficient (Wildman–Crippen LogP) is 3.33. The summed E-state index contributed by atoms with van der Waals surface area (Å²) in [7, 11) is 1.70. The van der Waals surface area contributed by atoms with Crippen molar-refractivity contribution < 1.29 is 9.90 Å². The molecule has 0 spiro atoms. The summed E-state index contributed by atoms with van der Waals surface area (Å²) in [5.41, 5.74) is 8.66. The number of carbonyl (C=O) groups excluding carboxylic acids is 1. The van der Waals surface area contributed by atoms with Crippen molar-refractivity contribution in [3.8, 4) is 17.6 Å². The highest BCUT2D eigenvalue weighted by Gasteiger charge is 2.08. The van der Waals surface area contributed by atoms with Crippen molar-refractivity contribution in [2.24, 2.45) is 0 Å². The number of anilines is 2. The van der Waals surface area contributed by atoms with Gasteiger partial charge in [-0.25, -0.2) is 4.98 Å².